The van der Waals surface area contributed by atoms with E-state index in [1.807, 2.05) is 48.5 Å². The summed E-state index contributed by atoms with van der Waals surface area (Å²) >= 11 is 0. The summed E-state index contributed by atoms with van der Waals surface area (Å²) in [6.07, 6.45) is 1.49. The van der Waals surface area contributed by atoms with Crippen molar-refractivity contribution in [2.75, 3.05) is 33.4 Å². The van der Waals surface area contributed by atoms with E-state index < -0.39 is 0 Å². The van der Waals surface area contributed by atoms with E-state index in [-0.39, 0.29) is 18.3 Å². The van der Waals surface area contributed by atoms with Crippen molar-refractivity contribution < 1.29 is 23.4 Å². The number of furan rings is 1. The number of carbonyl (C=O) groups excluding carboxylic acids is 1. The van der Waals surface area contributed by atoms with Crippen LogP contribution in [0.5, 0.6) is 17.2 Å². The SMILES string of the molecule is CCN(CC)CCOc1ccc(CNC(=O)c2occc2COc2ccccc2)cc1OC. The Morgan fingerprint density at radius 3 is 2.52 bits per heavy atom. The molecule has 0 aliphatic rings. The highest BCUT2D eigenvalue weighted by Crippen LogP contribution is 2.28. The highest BCUT2D eigenvalue weighted by molar-refractivity contribution is 5.92. The van der Waals surface area contributed by atoms with Gasteiger partial charge in [-0.25, -0.2) is 0 Å². The van der Waals surface area contributed by atoms with Gasteiger partial charge in [-0.05, 0) is 49.0 Å². The fourth-order valence-electron chi connectivity index (χ4n) is 3.35. The van der Waals surface area contributed by atoms with Crippen LogP contribution < -0.4 is 19.5 Å². The summed E-state index contributed by atoms with van der Waals surface area (Å²) in [4.78, 5) is 15.0. The average molecular weight is 453 g/mol. The maximum Gasteiger partial charge on any atom is 0.287 e. The third-order valence-corrected chi connectivity index (χ3v) is 5.33. The molecule has 1 N–H and O–H groups in total. The summed E-state index contributed by atoms with van der Waals surface area (Å²) in [5.74, 6) is 2.00. The van der Waals surface area contributed by atoms with Crippen LogP contribution in [0, 0.1) is 0 Å². The molecule has 3 rings (SSSR count). The summed E-state index contributed by atoms with van der Waals surface area (Å²) in [5, 5.41) is 2.89. The van der Waals surface area contributed by atoms with Gasteiger partial charge in [-0.1, -0.05) is 38.1 Å². The number of methoxy groups -OCH3 is 1. The molecular weight excluding hydrogens is 420 g/mol. The van der Waals surface area contributed by atoms with Crippen molar-refractivity contribution in [3.05, 3.63) is 77.7 Å². The number of rotatable bonds is 13. The van der Waals surface area contributed by atoms with Crippen molar-refractivity contribution in [3.63, 3.8) is 0 Å². The van der Waals surface area contributed by atoms with E-state index in [4.69, 9.17) is 18.6 Å². The van der Waals surface area contributed by atoms with Gasteiger partial charge in [0.1, 0.15) is 19.0 Å². The van der Waals surface area contributed by atoms with Crippen LogP contribution in [0.25, 0.3) is 0 Å². The van der Waals surface area contributed by atoms with E-state index in [0.29, 0.717) is 30.2 Å². The third-order valence-electron chi connectivity index (χ3n) is 5.33. The van der Waals surface area contributed by atoms with E-state index in [1.165, 1.54) is 6.26 Å². The summed E-state index contributed by atoms with van der Waals surface area (Å²) < 4.78 is 22.5. The first-order valence-corrected chi connectivity index (χ1v) is 11.2. The maximum atomic E-state index is 12.7. The zero-order valence-electron chi connectivity index (χ0n) is 19.5. The van der Waals surface area contributed by atoms with Crippen molar-refractivity contribution >= 4 is 5.91 Å². The van der Waals surface area contributed by atoms with Crippen LogP contribution in [0.3, 0.4) is 0 Å². The van der Waals surface area contributed by atoms with Gasteiger partial charge in [-0.3, -0.25) is 4.79 Å². The molecule has 3 aromatic rings. The molecule has 0 bridgehead atoms. The van der Waals surface area contributed by atoms with E-state index >= 15 is 0 Å². The number of ether oxygens (including phenoxy) is 3. The Hall–Kier alpha value is -3.45. The molecule has 0 saturated heterocycles. The number of likely N-dealkylation sites (N-methyl/N-ethyl adjacent to an activating group) is 1. The number of nitrogens with zero attached hydrogens (tertiary/aromatic N) is 1. The summed E-state index contributed by atoms with van der Waals surface area (Å²) in [6.45, 7) is 8.26. The molecule has 1 heterocycles. The van der Waals surface area contributed by atoms with Gasteiger partial charge in [0.15, 0.2) is 17.3 Å². The van der Waals surface area contributed by atoms with Crippen LogP contribution in [0.2, 0.25) is 0 Å². The Morgan fingerprint density at radius 2 is 1.79 bits per heavy atom. The second-order valence-corrected chi connectivity index (χ2v) is 7.42. The minimum absolute atomic E-state index is 0.245. The number of nitrogens with one attached hydrogen (secondary N) is 1. The quantitative estimate of drug-likeness (QED) is 0.411. The largest absolute Gasteiger partial charge is 0.493 e. The number of carbonyl (C=O) groups is 1. The van der Waals surface area contributed by atoms with Crippen LogP contribution in [0.4, 0.5) is 0 Å². The second kappa shape index (κ2) is 12.6. The van der Waals surface area contributed by atoms with Crippen molar-refractivity contribution in [1.29, 1.82) is 0 Å². The van der Waals surface area contributed by atoms with E-state index in [2.05, 4.69) is 24.1 Å². The Kier molecular flexibility index (Phi) is 9.20. The molecule has 0 radical (unpaired) electrons. The van der Waals surface area contributed by atoms with Gasteiger partial charge in [0, 0.05) is 18.7 Å². The first-order chi connectivity index (χ1) is 16.1. The van der Waals surface area contributed by atoms with Crippen LogP contribution in [-0.2, 0) is 13.2 Å². The second-order valence-electron chi connectivity index (χ2n) is 7.42. The average Bonchev–Trinajstić information content (AvgIpc) is 3.33. The number of hydrogen-bond donors (Lipinski definition) is 1. The topological polar surface area (TPSA) is 73.2 Å². The number of benzene rings is 2. The predicted octanol–water partition coefficient (Wildman–Crippen LogP) is 4.52. The number of para-hydroxylation sites is 1. The molecule has 33 heavy (non-hydrogen) atoms. The standard InChI is InChI=1S/C26H32N2O5/c1-4-28(5-2)14-16-31-23-12-11-20(17-24(23)30-3)18-27-26(29)25-21(13-15-32-25)19-33-22-9-7-6-8-10-22/h6-13,15,17H,4-5,14,16,18-19H2,1-3H3,(H,27,29). The minimum atomic E-state index is -0.301. The lowest BCUT2D eigenvalue weighted by Crippen LogP contribution is -2.28. The molecule has 0 unspecified atom stereocenters. The summed E-state index contributed by atoms with van der Waals surface area (Å²) in [6, 6.07) is 16.8. The summed E-state index contributed by atoms with van der Waals surface area (Å²) in [5.41, 5.74) is 1.58. The predicted molar refractivity (Wildman–Crippen MR) is 127 cm³/mol. The first-order valence-electron chi connectivity index (χ1n) is 11.2. The van der Waals surface area contributed by atoms with Crippen LogP contribution in [-0.4, -0.2) is 44.2 Å². The maximum absolute atomic E-state index is 12.7. The minimum Gasteiger partial charge on any atom is -0.493 e. The fourth-order valence-corrected chi connectivity index (χ4v) is 3.35. The monoisotopic (exact) mass is 452 g/mol. The van der Waals surface area contributed by atoms with Crippen molar-refractivity contribution in [3.8, 4) is 17.2 Å². The molecule has 2 aromatic carbocycles. The van der Waals surface area contributed by atoms with Crippen LogP contribution in [0.15, 0.2) is 65.3 Å². The van der Waals surface area contributed by atoms with E-state index in [0.717, 1.165) is 30.9 Å². The lowest BCUT2D eigenvalue weighted by molar-refractivity contribution is 0.0919. The number of hydrogen-bond acceptors (Lipinski definition) is 6. The van der Waals surface area contributed by atoms with Gasteiger partial charge >= 0.3 is 0 Å². The molecule has 7 heteroatoms. The zero-order chi connectivity index (χ0) is 23.5. The van der Waals surface area contributed by atoms with Gasteiger partial charge in [0.25, 0.3) is 5.91 Å². The smallest absolute Gasteiger partial charge is 0.287 e. The van der Waals surface area contributed by atoms with Gasteiger partial charge in [-0.15, -0.1) is 0 Å². The van der Waals surface area contributed by atoms with Crippen LogP contribution >= 0.6 is 0 Å². The molecular formula is C26H32N2O5. The zero-order valence-corrected chi connectivity index (χ0v) is 19.5. The van der Waals surface area contributed by atoms with Gasteiger partial charge in [0.05, 0.1) is 13.4 Å². The van der Waals surface area contributed by atoms with Crippen LogP contribution in [0.1, 0.15) is 35.5 Å². The molecule has 1 amide bonds. The molecule has 7 nitrogen and oxygen atoms in total. The molecule has 0 aliphatic carbocycles. The Morgan fingerprint density at radius 1 is 1.00 bits per heavy atom. The Bertz CT molecular complexity index is 999. The lowest BCUT2D eigenvalue weighted by Gasteiger charge is -2.19. The van der Waals surface area contributed by atoms with Gasteiger partial charge in [0.2, 0.25) is 0 Å². The van der Waals surface area contributed by atoms with E-state index in [1.54, 1.807) is 13.2 Å². The number of amides is 1. The first kappa shape index (κ1) is 24.2. The van der Waals surface area contributed by atoms with E-state index in [9.17, 15) is 4.79 Å². The molecule has 1 aromatic heterocycles. The molecule has 0 saturated carbocycles. The lowest BCUT2D eigenvalue weighted by atomic mass is 10.2. The third kappa shape index (κ3) is 7.02. The van der Waals surface area contributed by atoms with Crippen molar-refractivity contribution in [1.82, 2.24) is 10.2 Å². The molecule has 0 atom stereocenters. The van der Waals surface area contributed by atoms with Crippen molar-refractivity contribution in [2.24, 2.45) is 0 Å². The molecule has 176 valence electrons. The van der Waals surface area contributed by atoms with Gasteiger partial charge in [-0.2, -0.15) is 0 Å². The highest BCUT2D eigenvalue weighted by atomic mass is 16.5. The normalized spacial score (nSPS) is 10.8. The fraction of sp³-hybridized carbons (Fsp3) is 0.346. The van der Waals surface area contributed by atoms with Gasteiger partial charge < -0.3 is 28.8 Å². The molecule has 0 spiro atoms. The summed E-state index contributed by atoms with van der Waals surface area (Å²) in [7, 11) is 1.61. The Balaban J connectivity index is 1.54. The van der Waals surface area contributed by atoms with Crippen molar-refractivity contribution in [2.45, 2.75) is 27.0 Å². The molecule has 0 aliphatic heterocycles. The highest BCUT2D eigenvalue weighted by Gasteiger charge is 2.16. The molecule has 0 fully saturated rings. The Labute approximate surface area is 195 Å².